The predicted molar refractivity (Wildman–Crippen MR) is 97.5 cm³/mol. The normalized spacial score (nSPS) is 14.8. The lowest BCUT2D eigenvalue weighted by molar-refractivity contribution is -0.384. The Morgan fingerprint density at radius 2 is 2.04 bits per heavy atom. The minimum Gasteiger partial charge on any atom is -0.481 e. The maximum absolute atomic E-state index is 12.7. The van der Waals surface area contributed by atoms with Gasteiger partial charge in [0.1, 0.15) is 5.69 Å². The van der Waals surface area contributed by atoms with E-state index in [2.05, 4.69) is 10.4 Å². The van der Waals surface area contributed by atoms with E-state index in [9.17, 15) is 24.5 Å². The monoisotopic (exact) mass is 386 g/mol. The number of nitro benzene ring substituents is 1. The molecule has 1 aliphatic rings. The third-order valence-corrected chi connectivity index (χ3v) is 4.81. The zero-order chi connectivity index (χ0) is 20.5. The van der Waals surface area contributed by atoms with Crippen molar-refractivity contribution >= 4 is 17.6 Å². The Kier molecular flexibility index (Phi) is 4.95. The van der Waals surface area contributed by atoms with Crippen molar-refractivity contribution in [2.24, 2.45) is 0 Å². The van der Waals surface area contributed by atoms with E-state index in [1.54, 1.807) is 13.0 Å². The molecule has 0 atom stereocenters. The Hall–Kier alpha value is -3.56. The minimum absolute atomic E-state index is 0.114. The van der Waals surface area contributed by atoms with E-state index in [0.717, 1.165) is 6.42 Å². The van der Waals surface area contributed by atoms with Gasteiger partial charge in [0.2, 0.25) is 5.43 Å². The van der Waals surface area contributed by atoms with E-state index < -0.39 is 33.5 Å². The van der Waals surface area contributed by atoms with E-state index in [1.807, 2.05) is 0 Å². The molecule has 10 nitrogen and oxygen atoms in total. The Morgan fingerprint density at radius 3 is 2.61 bits per heavy atom. The summed E-state index contributed by atoms with van der Waals surface area (Å²) in [5.74, 6) is -1.84. The second-order valence-corrected chi connectivity index (χ2v) is 6.81. The Bertz CT molecular complexity index is 1020. The first-order valence-corrected chi connectivity index (χ1v) is 8.61. The summed E-state index contributed by atoms with van der Waals surface area (Å²) < 4.78 is 1.17. The van der Waals surface area contributed by atoms with E-state index in [1.165, 1.54) is 28.9 Å². The number of nitro groups is 1. The fourth-order valence-corrected chi connectivity index (χ4v) is 3.29. The van der Waals surface area contributed by atoms with Crippen LogP contribution in [0.4, 0.5) is 5.69 Å². The molecule has 1 heterocycles. The molecule has 0 unspecified atom stereocenters. The fourth-order valence-electron chi connectivity index (χ4n) is 3.29. The summed E-state index contributed by atoms with van der Waals surface area (Å²) >= 11 is 0. The van der Waals surface area contributed by atoms with Gasteiger partial charge in [-0.3, -0.25) is 24.5 Å². The van der Waals surface area contributed by atoms with Crippen molar-refractivity contribution < 1.29 is 19.6 Å². The topological polar surface area (TPSA) is 144 Å². The number of nitrogens with zero attached hydrogens (tertiary/aromatic N) is 3. The molecule has 146 valence electrons. The second-order valence-electron chi connectivity index (χ2n) is 6.81. The second kappa shape index (κ2) is 7.22. The molecule has 1 amide bonds. The number of rotatable bonds is 6. The summed E-state index contributed by atoms with van der Waals surface area (Å²) in [6.45, 7) is 1.55. The molecule has 0 saturated heterocycles. The summed E-state index contributed by atoms with van der Waals surface area (Å²) in [5, 5.41) is 27.0. The fraction of sp³-hybridized carbons (Fsp3) is 0.333. The molecule has 1 aliphatic carbocycles. The molecule has 1 aromatic carbocycles. The van der Waals surface area contributed by atoms with E-state index in [4.69, 9.17) is 5.11 Å². The molecule has 1 aromatic heterocycles. The van der Waals surface area contributed by atoms with Gasteiger partial charge < -0.3 is 10.4 Å². The number of para-hydroxylation sites is 2. The number of amides is 1. The summed E-state index contributed by atoms with van der Waals surface area (Å²) in [4.78, 5) is 46.8. The number of carbonyl (C=O) groups excluding carboxylic acids is 1. The van der Waals surface area contributed by atoms with Crippen molar-refractivity contribution in [3.05, 3.63) is 62.1 Å². The molecule has 1 fully saturated rings. The van der Waals surface area contributed by atoms with E-state index in [0.29, 0.717) is 18.5 Å². The van der Waals surface area contributed by atoms with E-state index >= 15 is 0 Å². The number of nitrogens with one attached hydrogen (secondary N) is 1. The molecule has 2 aromatic rings. The Balaban J connectivity index is 2.01. The maximum atomic E-state index is 12.7. The van der Waals surface area contributed by atoms with Gasteiger partial charge >= 0.3 is 5.97 Å². The zero-order valence-corrected chi connectivity index (χ0v) is 15.0. The van der Waals surface area contributed by atoms with Crippen LogP contribution in [0, 0.1) is 17.0 Å². The summed E-state index contributed by atoms with van der Waals surface area (Å²) in [6.07, 6.45) is 1.52. The first-order chi connectivity index (χ1) is 13.2. The van der Waals surface area contributed by atoms with Crippen LogP contribution in [0.2, 0.25) is 0 Å². The molecule has 0 aliphatic heterocycles. The minimum atomic E-state index is -1.05. The first kappa shape index (κ1) is 19.2. The lowest BCUT2D eigenvalue weighted by atomic mass is 9.74. The molecule has 28 heavy (non-hydrogen) atoms. The number of aliphatic carboxylic acids is 1. The molecule has 0 bridgehead atoms. The van der Waals surface area contributed by atoms with E-state index in [-0.39, 0.29) is 17.8 Å². The maximum Gasteiger partial charge on any atom is 0.305 e. The van der Waals surface area contributed by atoms with Crippen molar-refractivity contribution in [3.8, 4) is 5.69 Å². The van der Waals surface area contributed by atoms with Crippen LogP contribution in [0.1, 0.15) is 41.9 Å². The molecule has 3 rings (SSSR count). The number of benzene rings is 1. The van der Waals surface area contributed by atoms with Crippen LogP contribution in [0.15, 0.2) is 35.1 Å². The van der Waals surface area contributed by atoms with Crippen LogP contribution in [0.3, 0.4) is 0 Å². The number of hydrogen-bond acceptors (Lipinski definition) is 6. The van der Waals surface area contributed by atoms with Gasteiger partial charge in [0.15, 0.2) is 5.69 Å². The highest BCUT2D eigenvalue weighted by Gasteiger charge is 2.41. The predicted octanol–water partition coefficient (Wildman–Crippen LogP) is 1.58. The summed E-state index contributed by atoms with van der Waals surface area (Å²) in [5.41, 5.74) is -1.78. The molecule has 1 saturated carbocycles. The number of carboxylic acid groups (broad SMARTS) is 1. The van der Waals surface area contributed by atoms with Gasteiger partial charge in [-0.25, -0.2) is 4.68 Å². The SMILES string of the molecule is Cc1cc(=O)c(C(=O)NC2(CC(=O)O)CCC2)nn1-c1ccccc1[N+](=O)[O-]. The van der Waals surface area contributed by atoms with Crippen molar-refractivity contribution in [3.63, 3.8) is 0 Å². The number of hydrogen-bond donors (Lipinski definition) is 2. The van der Waals surface area contributed by atoms with Gasteiger partial charge in [0.25, 0.3) is 11.6 Å². The Labute approximate surface area is 159 Å². The number of aromatic nitrogens is 2. The number of aryl methyl sites for hydroxylation is 1. The third-order valence-electron chi connectivity index (χ3n) is 4.81. The standard InChI is InChI=1S/C18H18N4O6/c1-11-9-14(23)16(17(26)19-18(7-4-8-18)10-15(24)25)20-21(11)12-5-2-3-6-13(12)22(27)28/h2-3,5-6,9H,4,7-8,10H2,1H3,(H,19,26)(H,24,25). The molecular weight excluding hydrogens is 368 g/mol. The van der Waals surface area contributed by atoms with Crippen LogP contribution in [0.25, 0.3) is 5.69 Å². The van der Waals surface area contributed by atoms with Crippen LogP contribution < -0.4 is 10.7 Å². The van der Waals surface area contributed by atoms with Crippen LogP contribution in [-0.2, 0) is 4.79 Å². The van der Waals surface area contributed by atoms with Crippen molar-refractivity contribution in [2.45, 2.75) is 38.1 Å². The first-order valence-electron chi connectivity index (χ1n) is 8.61. The van der Waals surface area contributed by atoms with Gasteiger partial charge in [-0.1, -0.05) is 12.1 Å². The highest BCUT2D eigenvalue weighted by Crippen LogP contribution is 2.35. The van der Waals surface area contributed by atoms with Crippen LogP contribution in [-0.4, -0.2) is 37.2 Å². The van der Waals surface area contributed by atoms with Crippen molar-refractivity contribution in [1.82, 2.24) is 15.1 Å². The summed E-state index contributed by atoms with van der Waals surface area (Å²) in [7, 11) is 0. The lowest BCUT2D eigenvalue weighted by Crippen LogP contribution is -2.55. The number of carbonyl (C=O) groups is 2. The molecule has 0 spiro atoms. The third kappa shape index (κ3) is 3.61. The molecule has 10 heteroatoms. The van der Waals surface area contributed by atoms with Gasteiger partial charge in [-0.2, -0.15) is 5.10 Å². The highest BCUT2D eigenvalue weighted by molar-refractivity contribution is 5.93. The van der Waals surface area contributed by atoms with Gasteiger partial charge in [0.05, 0.1) is 16.9 Å². The number of carboxylic acids is 1. The highest BCUT2D eigenvalue weighted by atomic mass is 16.6. The van der Waals surface area contributed by atoms with Gasteiger partial charge in [-0.05, 0) is 32.3 Å². The molecular formula is C18H18N4O6. The molecule has 2 N–H and O–H groups in total. The molecule has 0 radical (unpaired) electrons. The summed E-state index contributed by atoms with van der Waals surface area (Å²) in [6, 6.07) is 7.01. The van der Waals surface area contributed by atoms with Gasteiger partial charge in [-0.15, -0.1) is 0 Å². The van der Waals surface area contributed by atoms with Crippen molar-refractivity contribution in [2.75, 3.05) is 0 Å². The van der Waals surface area contributed by atoms with Gasteiger partial charge in [0, 0.05) is 17.8 Å². The largest absolute Gasteiger partial charge is 0.481 e. The Morgan fingerprint density at radius 1 is 1.36 bits per heavy atom. The van der Waals surface area contributed by atoms with Crippen LogP contribution in [0.5, 0.6) is 0 Å². The quantitative estimate of drug-likeness (QED) is 0.566. The van der Waals surface area contributed by atoms with Crippen molar-refractivity contribution in [1.29, 1.82) is 0 Å². The smallest absolute Gasteiger partial charge is 0.305 e. The zero-order valence-electron chi connectivity index (χ0n) is 15.0. The average Bonchev–Trinajstić information content (AvgIpc) is 2.59. The average molecular weight is 386 g/mol. The lowest BCUT2D eigenvalue weighted by Gasteiger charge is -2.41. The van der Waals surface area contributed by atoms with Crippen LogP contribution >= 0.6 is 0 Å².